The van der Waals surface area contributed by atoms with Gasteiger partial charge in [-0.1, -0.05) is 30.3 Å². The van der Waals surface area contributed by atoms with Gasteiger partial charge in [0.15, 0.2) is 5.96 Å². The quantitative estimate of drug-likeness (QED) is 0.471. The molecule has 3 rings (SSSR count). The van der Waals surface area contributed by atoms with E-state index in [-0.39, 0.29) is 0 Å². The van der Waals surface area contributed by atoms with E-state index < -0.39 is 0 Å². The smallest absolute Gasteiger partial charge is 0.191 e. The average Bonchev–Trinajstić information content (AvgIpc) is 3.23. The number of guanidine groups is 1. The van der Waals surface area contributed by atoms with Crippen LogP contribution in [0.15, 0.2) is 58.9 Å². The minimum absolute atomic E-state index is 0.583. The highest BCUT2D eigenvalue weighted by molar-refractivity contribution is 7.09. The van der Waals surface area contributed by atoms with E-state index in [4.69, 9.17) is 14.5 Å². The number of rotatable bonds is 7. The Balaban J connectivity index is 1.56. The summed E-state index contributed by atoms with van der Waals surface area (Å²) in [5.41, 5.74) is 3.14. The third kappa shape index (κ3) is 5.01. The number of benzene rings is 2. The maximum atomic E-state index is 5.44. The Morgan fingerprint density at radius 3 is 2.54 bits per heavy atom. The van der Waals surface area contributed by atoms with Crippen LogP contribution in [0.2, 0.25) is 0 Å². The summed E-state index contributed by atoms with van der Waals surface area (Å²) in [5, 5.41) is 9.68. The average molecular weight is 397 g/mol. The highest BCUT2D eigenvalue weighted by Gasteiger charge is 2.08. The second-order valence-electron chi connectivity index (χ2n) is 5.95. The monoisotopic (exact) mass is 396 g/mol. The maximum Gasteiger partial charge on any atom is 0.191 e. The van der Waals surface area contributed by atoms with Crippen molar-refractivity contribution in [3.8, 4) is 22.8 Å². The summed E-state index contributed by atoms with van der Waals surface area (Å²) >= 11 is 1.63. The molecule has 1 aromatic heterocycles. The molecule has 3 aromatic rings. The minimum atomic E-state index is 0.583. The zero-order chi connectivity index (χ0) is 19.8. The molecule has 6 nitrogen and oxygen atoms in total. The van der Waals surface area contributed by atoms with Crippen LogP contribution in [0.5, 0.6) is 11.5 Å². The van der Waals surface area contributed by atoms with Gasteiger partial charge in [-0.3, -0.25) is 4.99 Å². The Bertz CT molecular complexity index is 925. The van der Waals surface area contributed by atoms with Crippen LogP contribution in [-0.4, -0.2) is 32.2 Å². The van der Waals surface area contributed by atoms with Gasteiger partial charge in [0.25, 0.3) is 0 Å². The van der Waals surface area contributed by atoms with Crippen LogP contribution in [0, 0.1) is 0 Å². The van der Waals surface area contributed by atoms with Crippen LogP contribution >= 0.6 is 11.3 Å². The van der Waals surface area contributed by atoms with Crippen molar-refractivity contribution in [3.05, 3.63) is 64.5 Å². The van der Waals surface area contributed by atoms with Crippen LogP contribution in [0.25, 0.3) is 11.3 Å². The van der Waals surface area contributed by atoms with Crippen LogP contribution in [0.4, 0.5) is 0 Å². The Morgan fingerprint density at radius 1 is 1.04 bits per heavy atom. The minimum Gasteiger partial charge on any atom is -0.497 e. The van der Waals surface area contributed by atoms with Crippen molar-refractivity contribution >= 4 is 17.3 Å². The molecule has 7 heteroatoms. The number of hydrogen-bond donors (Lipinski definition) is 2. The van der Waals surface area contributed by atoms with E-state index in [0.717, 1.165) is 33.3 Å². The first kappa shape index (κ1) is 19.7. The van der Waals surface area contributed by atoms with Crippen molar-refractivity contribution in [3.63, 3.8) is 0 Å². The van der Waals surface area contributed by atoms with Gasteiger partial charge in [-0.2, -0.15) is 0 Å². The number of aromatic nitrogens is 1. The molecule has 2 N–H and O–H groups in total. The Kier molecular flexibility index (Phi) is 6.86. The Morgan fingerprint density at radius 2 is 1.82 bits per heavy atom. The summed E-state index contributed by atoms with van der Waals surface area (Å²) in [7, 11) is 5.04. The third-order valence-electron chi connectivity index (χ3n) is 4.19. The normalized spacial score (nSPS) is 11.2. The summed E-state index contributed by atoms with van der Waals surface area (Å²) in [6.45, 7) is 1.19. The molecule has 0 radical (unpaired) electrons. The molecule has 0 fully saturated rings. The highest BCUT2D eigenvalue weighted by atomic mass is 32.1. The van der Waals surface area contributed by atoms with Crippen molar-refractivity contribution in [1.29, 1.82) is 0 Å². The van der Waals surface area contributed by atoms with Gasteiger partial charge in [-0.05, 0) is 12.1 Å². The Hall–Kier alpha value is -3.06. The van der Waals surface area contributed by atoms with E-state index in [2.05, 4.69) is 33.1 Å². The van der Waals surface area contributed by atoms with E-state index in [1.165, 1.54) is 0 Å². The molecule has 0 spiro atoms. The number of hydrogen-bond acceptors (Lipinski definition) is 5. The van der Waals surface area contributed by atoms with Crippen LogP contribution in [0.3, 0.4) is 0 Å². The molecule has 2 aromatic carbocycles. The predicted molar refractivity (Wildman–Crippen MR) is 114 cm³/mol. The second-order valence-corrected chi connectivity index (χ2v) is 6.89. The van der Waals surface area contributed by atoms with E-state index in [9.17, 15) is 0 Å². The number of ether oxygens (including phenoxy) is 2. The lowest BCUT2D eigenvalue weighted by atomic mass is 10.2. The predicted octanol–water partition coefficient (Wildman–Crippen LogP) is 3.69. The number of thiazole rings is 1. The molecular weight excluding hydrogens is 372 g/mol. The molecular formula is C21H24N4O2S. The van der Waals surface area contributed by atoms with E-state index in [0.29, 0.717) is 19.0 Å². The molecule has 0 aliphatic rings. The van der Waals surface area contributed by atoms with E-state index >= 15 is 0 Å². The third-order valence-corrected chi connectivity index (χ3v) is 5.04. The van der Waals surface area contributed by atoms with Gasteiger partial charge < -0.3 is 20.1 Å². The molecule has 0 bridgehead atoms. The van der Waals surface area contributed by atoms with Crippen molar-refractivity contribution in [1.82, 2.24) is 15.6 Å². The molecule has 0 atom stereocenters. The first-order valence-electron chi connectivity index (χ1n) is 8.88. The second kappa shape index (κ2) is 9.75. The largest absolute Gasteiger partial charge is 0.497 e. The van der Waals surface area contributed by atoms with Gasteiger partial charge in [-0.25, -0.2) is 4.98 Å². The van der Waals surface area contributed by atoms with Crippen LogP contribution in [0.1, 0.15) is 10.6 Å². The zero-order valence-corrected chi connectivity index (χ0v) is 17.0. The van der Waals surface area contributed by atoms with Crippen molar-refractivity contribution < 1.29 is 9.47 Å². The van der Waals surface area contributed by atoms with Crippen LogP contribution < -0.4 is 20.1 Å². The summed E-state index contributed by atoms with van der Waals surface area (Å²) in [4.78, 5) is 8.97. The Labute approximate surface area is 169 Å². The van der Waals surface area contributed by atoms with Gasteiger partial charge in [0.05, 0.1) is 26.5 Å². The van der Waals surface area contributed by atoms with Gasteiger partial charge >= 0.3 is 0 Å². The molecule has 0 unspecified atom stereocenters. The number of nitrogens with zero attached hydrogens (tertiary/aromatic N) is 2. The van der Waals surface area contributed by atoms with Gasteiger partial charge in [0.2, 0.25) is 0 Å². The lowest BCUT2D eigenvalue weighted by Crippen LogP contribution is -2.36. The summed E-state index contributed by atoms with van der Waals surface area (Å²) in [6.07, 6.45) is 0. The molecule has 0 aliphatic heterocycles. The summed E-state index contributed by atoms with van der Waals surface area (Å²) < 4.78 is 10.7. The topological polar surface area (TPSA) is 67.8 Å². The first-order valence-corrected chi connectivity index (χ1v) is 9.76. The van der Waals surface area contributed by atoms with Gasteiger partial charge in [0.1, 0.15) is 16.5 Å². The van der Waals surface area contributed by atoms with Gasteiger partial charge in [-0.15, -0.1) is 11.3 Å². The highest BCUT2D eigenvalue weighted by Crippen LogP contribution is 2.24. The lowest BCUT2D eigenvalue weighted by Gasteiger charge is -2.14. The number of nitrogens with one attached hydrogen (secondary N) is 2. The van der Waals surface area contributed by atoms with Crippen molar-refractivity contribution in [2.75, 3.05) is 21.3 Å². The summed E-state index contributed by atoms with van der Waals surface area (Å²) in [6, 6.07) is 15.9. The van der Waals surface area contributed by atoms with Crippen molar-refractivity contribution in [2.24, 2.45) is 4.99 Å². The molecule has 0 saturated carbocycles. The van der Waals surface area contributed by atoms with Gasteiger partial charge in [0, 0.05) is 36.2 Å². The molecule has 0 aliphatic carbocycles. The SMILES string of the molecule is CN=C(NCc1nc(-c2ccccc2)cs1)NCc1ccc(OC)cc1OC. The van der Waals surface area contributed by atoms with Crippen molar-refractivity contribution in [2.45, 2.75) is 13.1 Å². The molecule has 0 saturated heterocycles. The lowest BCUT2D eigenvalue weighted by molar-refractivity contribution is 0.390. The molecule has 1 heterocycles. The molecule has 28 heavy (non-hydrogen) atoms. The van der Waals surface area contributed by atoms with E-state index in [1.54, 1.807) is 32.6 Å². The fourth-order valence-electron chi connectivity index (χ4n) is 2.69. The first-order chi connectivity index (χ1) is 13.7. The van der Waals surface area contributed by atoms with Crippen LogP contribution in [-0.2, 0) is 13.1 Å². The maximum absolute atomic E-state index is 5.44. The summed E-state index contributed by atoms with van der Waals surface area (Å²) in [5.74, 6) is 2.24. The zero-order valence-electron chi connectivity index (χ0n) is 16.2. The molecule has 0 amide bonds. The van der Waals surface area contributed by atoms with E-state index in [1.807, 2.05) is 36.4 Å². The fraction of sp³-hybridized carbons (Fsp3) is 0.238. The number of aliphatic imine (C=N–C) groups is 1. The molecule has 146 valence electrons. The fourth-order valence-corrected chi connectivity index (χ4v) is 3.43. The number of methoxy groups -OCH3 is 2. The standard InChI is InChI=1S/C21H24N4O2S/c1-22-21(23-12-16-9-10-17(26-2)11-19(16)27-3)24-13-20-25-18(14-28-20)15-7-5-4-6-8-15/h4-11,14H,12-13H2,1-3H3,(H2,22,23,24).